The van der Waals surface area contributed by atoms with E-state index in [0.717, 1.165) is 5.56 Å². The molecule has 0 amide bonds. The van der Waals surface area contributed by atoms with Gasteiger partial charge in [-0.1, -0.05) is 26.8 Å². The van der Waals surface area contributed by atoms with Gasteiger partial charge in [0.2, 0.25) is 0 Å². The maximum Gasteiger partial charge on any atom is 0.162 e. The van der Waals surface area contributed by atoms with Gasteiger partial charge in [-0.2, -0.15) is 0 Å². The Bertz CT molecular complexity index is 361. The lowest BCUT2D eigenvalue weighted by Crippen LogP contribution is -2.12. The summed E-state index contributed by atoms with van der Waals surface area (Å²) < 4.78 is 13.4. The maximum absolute atomic E-state index is 13.4. The first kappa shape index (κ1) is 10.9. The molecule has 0 saturated carbocycles. The van der Waals surface area contributed by atoms with Crippen LogP contribution in [0.1, 0.15) is 43.6 Å². The van der Waals surface area contributed by atoms with Crippen LogP contribution in [-0.4, -0.2) is 5.78 Å². The monoisotopic (exact) mass is 194 g/mol. The third kappa shape index (κ3) is 2.19. The topological polar surface area (TPSA) is 17.1 Å². The zero-order valence-corrected chi connectivity index (χ0v) is 9.02. The Hall–Kier alpha value is -1.18. The molecule has 0 aliphatic carbocycles. The number of ketones is 1. The lowest BCUT2D eigenvalue weighted by atomic mass is 9.86. The standard InChI is InChI=1S/C12H15FO/c1-8(14)10-6-5-9(7-11(10)13)12(2,3)4/h5-7H,1-4H3. The van der Waals surface area contributed by atoms with E-state index in [-0.39, 0.29) is 16.8 Å². The van der Waals surface area contributed by atoms with E-state index < -0.39 is 5.82 Å². The first-order chi connectivity index (χ1) is 6.32. The third-order valence-electron chi connectivity index (χ3n) is 2.21. The molecule has 0 fully saturated rings. The lowest BCUT2D eigenvalue weighted by Gasteiger charge is -2.19. The summed E-state index contributed by atoms with van der Waals surface area (Å²) in [5, 5.41) is 0. The van der Waals surface area contributed by atoms with Gasteiger partial charge in [0.15, 0.2) is 5.78 Å². The molecule has 1 aromatic carbocycles. The van der Waals surface area contributed by atoms with Crippen molar-refractivity contribution < 1.29 is 9.18 Å². The predicted octanol–water partition coefficient (Wildman–Crippen LogP) is 3.33. The zero-order valence-electron chi connectivity index (χ0n) is 9.02. The summed E-state index contributed by atoms with van der Waals surface area (Å²) in [5.74, 6) is -0.659. The second kappa shape index (κ2) is 3.52. The lowest BCUT2D eigenvalue weighted by molar-refractivity contribution is 0.101. The summed E-state index contributed by atoms with van der Waals surface area (Å²) >= 11 is 0. The van der Waals surface area contributed by atoms with Gasteiger partial charge in [0.05, 0.1) is 5.56 Å². The second-order valence-electron chi connectivity index (χ2n) is 4.50. The number of carbonyl (C=O) groups excluding carboxylic acids is 1. The zero-order chi connectivity index (χ0) is 10.9. The van der Waals surface area contributed by atoms with Crippen LogP contribution in [0.15, 0.2) is 18.2 Å². The molecule has 0 aliphatic rings. The van der Waals surface area contributed by atoms with Crippen molar-refractivity contribution in [1.82, 2.24) is 0 Å². The Morgan fingerprint density at radius 3 is 2.21 bits per heavy atom. The van der Waals surface area contributed by atoms with Crippen molar-refractivity contribution in [2.24, 2.45) is 0 Å². The molecule has 0 saturated heterocycles. The van der Waals surface area contributed by atoms with E-state index in [2.05, 4.69) is 0 Å². The fourth-order valence-corrected chi connectivity index (χ4v) is 1.27. The number of hydrogen-bond donors (Lipinski definition) is 0. The van der Waals surface area contributed by atoms with Crippen LogP contribution in [0, 0.1) is 5.82 Å². The Labute approximate surface area is 83.9 Å². The van der Waals surface area contributed by atoms with Crippen molar-refractivity contribution in [3.8, 4) is 0 Å². The van der Waals surface area contributed by atoms with Crippen LogP contribution in [0.25, 0.3) is 0 Å². The molecule has 0 aliphatic heterocycles. The average molecular weight is 194 g/mol. The number of rotatable bonds is 1. The first-order valence-corrected chi connectivity index (χ1v) is 4.63. The molecule has 0 heterocycles. The normalized spacial score (nSPS) is 11.5. The van der Waals surface area contributed by atoms with Crippen molar-refractivity contribution in [3.05, 3.63) is 35.1 Å². The summed E-state index contributed by atoms with van der Waals surface area (Å²) in [5.41, 5.74) is 0.980. The molecule has 1 aromatic rings. The highest BCUT2D eigenvalue weighted by atomic mass is 19.1. The molecule has 0 N–H and O–H groups in total. The number of benzene rings is 1. The van der Waals surface area contributed by atoms with Crippen LogP contribution < -0.4 is 0 Å². The number of Topliss-reactive ketones (excluding diaryl/α,β-unsaturated/α-hetero) is 1. The van der Waals surface area contributed by atoms with E-state index in [9.17, 15) is 9.18 Å². The van der Waals surface area contributed by atoms with Gasteiger partial charge in [-0.05, 0) is 30.0 Å². The largest absolute Gasteiger partial charge is 0.294 e. The predicted molar refractivity (Wildman–Crippen MR) is 55.1 cm³/mol. The van der Waals surface area contributed by atoms with E-state index in [1.807, 2.05) is 20.8 Å². The van der Waals surface area contributed by atoms with Crippen LogP contribution in [-0.2, 0) is 5.41 Å². The number of halogens is 1. The molecule has 2 heteroatoms. The van der Waals surface area contributed by atoms with Crippen molar-refractivity contribution in [2.45, 2.75) is 33.1 Å². The maximum atomic E-state index is 13.4. The van der Waals surface area contributed by atoms with E-state index in [1.165, 1.54) is 13.0 Å². The fourth-order valence-electron chi connectivity index (χ4n) is 1.27. The van der Waals surface area contributed by atoms with Crippen LogP contribution in [0.2, 0.25) is 0 Å². The highest BCUT2D eigenvalue weighted by molar-refractivity contribution is 5.94. The average Bonchev–Trinajstić information content (AvgIpc) is 2.01. The van der Waals surface area contributed by atoms with Crippen LogP contribution in [0.5, 0.6) is 0 Å². The minimum Gasteiger partial charge on any atom is -0.294 e. The summed E-state index contributed by atoms with van der Waals surface area (Å²) in [6.45, 7) is 7.40. The van der Waals surface area contributed by atoms with Gasteiger partial charge in [0.1, 0.15) is 5.82 Å². The molecule has 0 aromatic heterocycles. The van der Waals surface area contributed by atoms with Crippen LogP contribution in [0.3, 0.4) is 0 Å². The highest BCUT2D eigenvalue weighted by Gasteiger charge is 2.16. The van der Waals surface area contributed by atoms with Gasteiger partial charge in [0, 0.05) is 0 Å². The molecule has 1 nitrogen and oxygen atoms in total. The first-order valence-electron chi connectivity index (χ1n) is 4.63. The quantitative estimate of drug-likeness (QED) is 0.627. The van der Waals surface area contributed by atoms with Gasteiger partial charge < -0.3 is 0 Å². The van der Waals surface area contributed by atoms with Gasteiger partial charge in [-0.3, -0.25) is 4.79 Å². The van der Waals surface area contributed by atoms with Crippen molar-refractivity contribution in [2.75, 3.05) is 0 Å². The molecule has 0 radical (unpaired) electrons. The smallest absolute Gasteiger partial charge is 0.162 e. The van der Waals surface area contributed by atoms with E-state index in [4.69, 9.17) is 0 Å². The van der Waals surface area contributed by atoms with Crippen molar-refractivity contribution in [1.29, 1.82) is 0 Å². The Kier molecular flexibility index (Phi) is 2.74. The molecule has 76 valence electrons. The molecule has 14 heavy (non-hydrogen) atoms. The number of hydrogen-bond acceptors (Lipinski definition) is 1. The Balaban J connectivity index is 3.20. The van der Waals surface area contributed by atoms with Gasteiger partial charge in [-0.15, -0.1) is 0 Å². The Morgan fingerprint density at radius 1 is 1.29 bits per heavy atom. The molecular weight excluding hydrogens is 179 g/mol. The molecule has 0 atom stereocenters. The van der Waals surface area contributed by atoms with E-state index >= 15 is 0 Å². The summed E-state index contributed by atoms with van der Waals surface area (Å²) in [4.78, 5) is 11.0. The van der Waals surface area contributed by atoms with Gasteiger partial charge in [0.25, 0.3) is 0 Å². The highest BCUT2D eigenvalue weighted by Crippen LogP contribution is 2.24. The van der Waals surface area contributed by atoms with Gasteiger partial charge in [-0.25, -0.2) is 4.39 Å². The minimum absolute atomic E-state index is 0.0871. The second-order valence-corrected chi connectivity index (χ2v) is 4.50. The third-order valence-corrected chi connectivity index (χ3v) is 2.21. The molecule has 0 bridgehead atoms. The van der Waals surface area contributed by atoms with Crippen molar-refractivity contribution in [3.63, 3.8) is 0 Å². The molecule has 1 rings (SSSR count). The van der Waals surface area contributed by atoms with Crippen LogP contribution >= 0.6 is 0 Å². The summed E-state index contributed by atoms with van der Waals surface area (Å²) in [7, 11) is 0. The summed E-state index contributed by atoms with van der Waals surface area (Å²) in [6.07, 6.45) is 0. The van der Waals surface area contributed by atoms with Crippen LogP contribution in [0.4, 0.5) is 4.39 Å². The number of carbonyl (C=O) groups is 1. The summed E-state index contributed by atoms with van der Waals surface area (Å²) in [6, 6.07) is 4.80. The Morgan fingerprint density at radius 2 is 1.86 bits per heavy atom. The van der Waals surface area contributed by atoms with E-state index in [0.29, 0.717) is 0 Å². The fraction of sp³-hybridized carbons (Fsp3) is 0.417. The minimum atomic E-state index is -0.426. The molecular formula is C12H15FO. The molecule has 0 spiro atoms. The van der Waals surface area contributed by atoms with Gasteiger partial charge >= 0.3 is 0 Å². The molecule has 0 unspecified atom stereocenters. The van der Waals surface area contributed by atoms with E-state index in [1.54, 1.807) is 12.1 Å². The SMILES string of the molecule is CC(=O)c1ccc(C(C)(C)C)cc1F. The van der Waals surface area contributed by atoms with Crippen molar-refractivity contribution >= 4 is 5.78 Å².